The van der Waals surface area contributed by atoms with Crippen LogP contribution in [0.25, 0.3) is 44.7 Å². The summed E-state index contributed by atoms with van der Waals surface area (Å²) in [5.41, 5.74) is 4.70. The Morgan fingerprint density at radius 1 is 1.12 bits per heavy atom. The maximum Gasteiger partial charge on any atom is 0.349 e. The molecule has 0 bridgehead atoms. The van der Waals surface area contributed by atoms with Gasteiger partial charge in [-0.2, -0.15) is 10.1 Å². The number of nitrogens with zero attached hydrogens (tertiary/aromatic N) is 7. The number of aryl methyl sites for hydroxylation is 1. The highest BCUT2D eigenvalue weighted by atomic mass is 16.5. The van der Waals surface area contributed by atoms with E-state index in [1.165, 1.54) is 6.33 Å². The number of ether oxygens (including phenoxy) is 1. The summed E-state index contributed by atoms with van der Waals surface area (Å²) in [7, 11) is 1.82. The molecule has 1 fully saturated rings. The Morgan fingerprint density at radius 2 is 1.97 bits per heavy atom. The van der Waals surface area contributed by atoms with Gasteiger partial charge >= 0.3 is 5.69 Å². The predicted octanol–water partition coefficient (Wildman–Crippen LogP) is 3.53. The van der Waals surface area contributed by atoms with Gasteiger partial charge in [-0.1, -0.05) is 6.92 Å². The van der Waals surface area contributed by atoms with E-state index in [9.17, 15) is 4.79 Å². The van der Waals surface area contributed by atoms with Gasteiger partial charge in [0.25, 0.3) is 0 Å². The fourth-order valence-corrected chi connectivity index (χ4v) is 4.69. The quantitative estimate of drug-likeness (QED) is 0.403. The molecular formula is C24H23N7O3. The fourth-order valence-electron chi connectivity index (χ4n) is 4.69. The zero-order valence-corrected chi connectivity index (χ0v) is 18.9. The topological polar surface area (TPSA) is 114 Å². The van der Waals surface area contributed by atoms with Crippen molar-refractivity contribution in [2.24, 2.45) is 7.05 Å². The molecule has 0 spiro atoms. The standard InChI is InChI=1S/C24H23N7O3/c1-3-17-8-16(6-7-33-17)31-22-21-19(5-4-18(28-21)14-9-25-13-26-10-14)34-23(22)20(29-24(31)32)15-11-27-30(2)12-15/h4-5,9-13,16-17H,3,6-8H2,1-2H3/t16?,17-/m0/s1. The lowest BCUT2D eigenvalue weighted by Gasteiger charge is -2.30. The van der Waals surface area contributed by atoms with Gasteiger partial charge in [-0.05, 0) is 31.4 Å². The van der Waals surface area contributed by atoms with Gasteiger partial charge in [-0.25, -0.2) is 19.7 Å². The lowest BCUT2D eigenvalue weighted by atomic mass is 10.0. The zero-order chi connectivity index (χ0) is 23.2. The summed E-state index contributed by atoms with van der Waals surface area (Å²) in [6.07, 6.45) is 10.8. The summed E-state index contributed by atoms with van der Waals surface area (Å²) in [5.74, 6) is 0. The zero-order valence-electron chi connectivity index (χ0n) is 18.9. The Bertz CT molecular complexity index is 1550. The number of rotatable bonds is 4. The first-order valence-electron chi connectivity index (χ1n) is 11.3. The molecule has 1 aliphatic heterocycles. The van der Waals surface area contributed by atoms with Crippen molar-refractivity contribution in [3.05, 3.63) is 53.7 Å². The van der Waals surface area contributed by atoms with Crippen molar-refractivity contribution in [3.63, 3.8) is 0 Å². The predicted molar refractivity (Wildman–Crippen MR) is 125 cm³/mol. The van der Waals surface area contributed by atoms with E-state index in [1.807, 2.05) is 25.4 Å². The third kappa shape index (κ3) is 3.38. The van der Waals surface area contributed by atoms with Crippen LogP contribution in [-0.4, -0.2) is 47.0 Å². The van der Waals surface area contributed by atoms with E-state index in [1.54, 1.807) is 27.8 Å². The van der Waals surface area contributed by atoms with Crippen LogP contribution in [-0.2, 0) is 11.8 Å². The highest BCUT2D eigenvalue weighted by Crippen LogP contribution is 2.37. The Kier molecular flexibility index (Phi) is 4.95. The van der Waals surface area contributed by atoms with Crippen LogP contribution in [0.4, 0.5) is 0 Å². The monoisotopic (exact) mass is 457 g/mol. The van der Waals surface area contributed by atoms with Crippen molar-refractivity contribution in [2.45, 2.75) is 38.3 Å². The van der Waals surface area contributed by atoms with Crippen LogP contribution < -0.4 is 5.69 Å². The molecule has 6 heterocycles. The Balaban J connectivity index is 1.65. The van der Waals surface area contributed by atoms with Crippen LogP contribution in [0.15, 0.2) is 52.5 Å². The fraction of sp³-hybridized carbons (Fsp3) is 0.333. The number of aromatic nitrogens is 7. The molecule has 10 nitrogen and oxygen atoms in total. The van der Waals surface area contributed by atoms with Crippen LogP contribution in [0.3, 0.4) is 0 Å². The highest BCUT2D eigenvalue weighted by molar-refractivity contribution is 6.05. The second kappa shape index (κ2) is 8.14. The molecule has 2 atom stereocenters. The summed E-state index contributed by atoms with van der Waals surface area (Å²) in [6, 6.07) is 3.67. The van der Waals surface area contributed by atoms with Gasteiger partial charge in [0.1, 0.15) is 23.1 Å². The van der Waals surface area contributed by atoms with Crippen molar-refractivity contribution in [2.75, 3.05) is 6.61 Å². The molecule has 0 aliphatic carbocycles. The van der Waals surface area contributed by atoms with E-state index in [0.717, 1.165) is 24.8 Å². The molecule has 0 N–H and O–H groups in total. The molecule has 34 heavy (non-hydrogen) atoms. The normalized spacial score (nSPS) is 18.6. The van der Waals surface area contributed by atoms with Gasteiger partial charge in [0.05, 0.1) is 18.0 Å². The van der Waals surface area contributed by atoms with Gasteiger partial charge in [0, 0.05) is 49.4 Å². The third-order valence-corrected chi connectivity index (χ3v) is 6.37. The number of fused-ring (bicyclic) bond motifs is 3. The summed E-state index contributed by atoms with van der Waals surface area (Å²) in [6.45, 7) is 2.69. The lowest BCUT2D eigenvalue weighted by molar-refractivity contribution is -0.00710. The van der Waals surface area contributed by atoms with Crippen molar-refractivity contribution in [1.29, 1.82) is 0 Å². The van der Waals surface area contributed by atoms with E-state index >= 15 is 0 Å². The van der Waals surface area contributed by atoms with E-state index in [0.29, 0.717) is 45.8 Å². The average Bonchev–Trinajstić information content (AvgIpc) is 3.47. The molecule has 0 saturated carbocycles. The first kappa shape index (κ1) is 20.7. The van der Waals surface area contributed by atoms with Gasteiger partial charge < -0.3 is 9.15 Å². The summed E-state index contributed by atoms with van der Waals surface area (Å²) < 4.78 is 15.6. The summed E-state index contributed by atoms with van der Waals surface area (Å²) in [5, 5.41) is 4.25. The summed E-state index contributed by atoms with van der Waals surface area (Å²) >= 11 is 0. The minimum atomic E-state index is -0.328. The van der Waals surface area contributed by atoms with E-state index in [4.69, 9.17) is 14.1 Å². The Labute approximate surface area is 194 Å². The first-order valence-corrected chi connectivity index (χ1v) is 11.3. The third-order valence-electron chi connectivity index (χ3n) is 6.37. The molecule has 5 aromatic heterocycles. The first-order chi connectivity index (χ1) is 16.6. The molecule has 1 unspecified atom stereocenters. The minimum Gasteiger partial charge on any atom is -0.450 e. The van der Waals surface area contributed by atoms with Crippen molar-refractivity contribution < 1.29 is 9.15 Å². The molecule has 172 valence electrons. The number of hydrogen-bond donors (Lipinski definition) is 0. The minimum absolute atomic E-state index is 0.0598. The molecule has 6 rings (SSSR count). The molecule has 10 heteroatoms. The van der Waals surface area contributed by atoms with Gasteiger partial charge in [0.15, 0.2) is 11.2 Å². The lowest BCUT2D eigenvalue weighted by Crippen LogP contribution is -2.34. The second-order valence-electron chi connectivity index (χ2n) is 8.55. The Morgan fingerprint density at radius 3 is 2.74 bits per heavy atom. The van der Waals surface area contributed by atoms with Gasteiger partial charge in [-0.15, -0.1) is 0 Å². The van der Waals surface area contributed by atoms with Crippen LogP contribution in [0.2, 0.25) is 0 Å². The van der Waals surface area contributed by atoms with Crippen LogP contribution in [0.1, 0.15) is 32.2 Å². The van der Waals surface area contributed by atoms with E-state index < -0.39 is 0 Å². The molecule has 0 radical (unpaired) electrons. The van der Waals surface area contributed by atoms with Crippen LogP contribution >= 0.6 is 0 Å². The van der Waals surface area contributed by atoms with E-state index in [2.05, 4.69) is 27.0 Å². The van der Waals surface area contributed by atoms with Crippen molar-refractivity contribution >= 4 is 22.2 Å². The Hall–Kier alpha value is -3.92. The summed E-state index contributed by atoms with van der Waals surface area (Å²) in [4.78, 5) is 31.1. The molecule has 5 aromatic rings. The van der Waals surface area contributed by atoms with E-state index in [-0.39, 0.29) is 17.8 Å². The number of pyridine rings is 1. The largest absolute Gasteiger partial charge is 0.450 e. The number of hydrogen-bond acceptors (Lipinski definition) is 8. The van der Waals surface area contributed by atoms with Gasteiger partial charge in [0.2, 0.25) is 0 Å². The maximum absolute atomic E-state index is 13.5. The molecular weight excluding hydrogens is 434 g/mol. The van der Waals surface area contributed by atoms with Gasteiger partial charge in [-0.3, -0.25) is 9.25 Å². The van der Waals surface area contributed by atoms with Crippen LogP contribution in [0, 0.1) is 0 Å². The SMILES string of the molecule is CC[C@H]1CC(n2c(=O)nc(-c3cnn(C)c3)c3oc4ccc(-c5cncnc5)nc4c32)CCO1. The second-order valence-corrected chi connectivity index (χ2v) is 8.55. The number of furan rings is 1. The smallest absolute Gasteiger partial charge is 0.349 e. The highest BCUT2D eigenvalue weighted by Gasteiger charge is 2.29. The average molecular weight is 457 g/mol. The molecule has 0 amide bonds. The van der Waals surface area contributed by atoms with Crippen molar-refractivity contribution in [3.8, 4) is 22.5 Å². The molecule has 1 saturated heterocycles. The van der Waals surface area contributed by atoms with Crippen molar-refractivity contribution in [1.82, 2.24) is 34.3 Å². The molecule has 1 aliphatic rings. The van der Waals surface area contributed by atoms with Crippen LogP contribution in [0.5, 0.6) is 0 Å². The maximum atomic E-state index is 13.5. The molecule has 0 aromatic carbocycles.